The molecule has 2 N–H and O–H groups in total. The first-order chi connectivity index (χ1) is 13.2. The van der Waals surface area contributed by atoms with Gasteiger partial charge < -0.3 is 15.2 Å². The summed E-state index contributed by atoms with van der Waals surface area (Å²) in [6, 6.07) is 7.65. The van der Waals surface area contributed by atoms with Crippen LogP contribution in [0.3, 0.4) is 0 Å². The summed E-state index contributed by atoms with van der Waals surface area (Å²) in [4.78, 5) is 17.0. The van der Waals surface area contributed by atoms with E-state index in [9.17, 15) is 4.79 Å². The van der Waals surface area contributed by atoms with Crippen LogP contribution in [-0.2, 0) is 12.8 Å². The van der Waals surface area contributed by atoms with Crippen LogP contribution in [0.2, 0.25) is 0 Å². The SMILES string of the molecule is COc1ccc2c(c1)CCCC2NC(=O)c1cc2ncc(CCO)cn2n1. The lowest BCUT2D eigenvalue weighted by Gasteiger charge is -2.26. The Kier molecular flexibility index (Phi) is 4.77. The normalized spacial score (nSPS) is 16.1. The third kappa shape index (κ3) is 3.50. The van der Waals surface area contributed by atoms with Gasteiger partial charge >= 0.3 is 0 Å². The first kappa shape index (κ1) is 17.5. The summed E-state index contributed by atoms with van der Waals surface area (Å²) < 4.78 is 6.89. The highest BCUT2D eigenvalue weighted by atomic mass is 16.5. The van der Waals surface area contributed by atoms with E-state index in [1.807, 2.05) is 18.2 Å². The van der Waals surface area contributed by atoms with Gasteiger partial charge in [0.05, 0.1) is 13.2 Å². The van der Waals surface area contributed by atoms with Gasteiger partial charge in [0.25, 0.3) is 5.91 Å². The molecule has 3 aromatic rings. The van der Waals surface area contributed by atoms with Crippen LogP contribution < -0.4 is 10.1 Å². The van der Waals surface area contributed by atoms with Gasteiger partial charge in [-0.3, -0.25) is 4.79 Å². The highest BCUT2D eigenvalue weighted by Crippen LogP contribution is 2.32. The van der Waals surface area contributed by atoms with Crippen LogP contribution in [0.25, 0.3) is 5.65 Å². The number of aliphatic hydroxyl groups excluding tert-OH is 1. The van der Waals surface area contributed by atoms with Gasteiger partial charge in [-0.2, -0.15) is 5.10 Å². The van der Waals surface area contributed by atoms with Crippen LogP contribution in [0.5, 0.6) is 5.75 Å². The number of benzene rings is 1. The van der Waals surface area contributed by atoms with Crippen LogP contribution >= 0.6 is 0 Å². The van der Waals surface area contributed by atoms with Crippen molar-refractivity contribution in [3.63, 3.8) is 0 Å². The fourth-order valence-corrected chi connectivity index (χ4v) is 3.58. The highest BCUT2D eigenvalue weighted by molar-refractivity contribution is 5.93. The first-order valence-corrected chi connectivity index (χ1v) is 9.11. The van der Waals surface area contributed by atoms with Crippen molar-refractivity contribution >= 4 is 11.6 Å². The largest absolute Gasteiger partial charge is 0.497 e. The molecule has 0 fully saturated rings. The van der Waals surface area contributed by atoms with Crippen LogP contribution in [-0.4, -0.2) is 39.3 Å². The second kappa shape index (κ2) is 7.36. The second-order valence-electron chi connectivity index (χ2n) is 6.75. The van der Waals surface area contributed by atoms with Gasteiger partial charge in [-0.15, -0.1) is 0 Å². The Bertz CT molecular complexity index is 983. The average Bonchev–Trinajstić information content (AvgIpc) is 3.11. The molecule has 7 heteroatoms. The lowest BCUT2D eigenvalue weighted by molar-refractivity contribution is 0.0927. The van der Waals surface area contributed by atoms with Crippen molar-refractivity contribution in [1.29, 1.82) is 0 Å². The van der Waals surface area contributed by atoms with Crippen LogP contribution in [0.15, 0.2) is 36.7 Å². The molecule has 1 atom stereocenters. The smallest absolute Gasteiger partial charge is 0.272 e. The first-order valence-electron chi connectivity index (χ1n) is 9.11. The summed E-state index contributed by atoms with van der Waals surface area (Å²) >= 11 is 0. The van der Waals surface area contributed by atoms with Crippen LogP contribution in [0, 0.1) is 0 Å². The fourth-order valence-electron chi connectivity index (χ4n) is 3.58. The zero-order valence-corrected chi connectivity index (χ0v) is 15.2. The van der Waals surface area contributed by atoms with Crippen molar-refractivity contribution in [2.45, 2.75) is 31.7 Å². The minimum absolute atomic E-state index is 0.0325. The Morgan fingerprint density at radius 2 is 2.30 bits per heavy atom. The monoisotopic (exact) mass is 366 g/mol. The van der Waals surface area contributed by atoms with E-state index in [-0.39, 0.29) is 18.6 Å². The Morgan fingerprint density at radius 3 is 3.11 bits per heavy atom. The molecule has 140 valence electrons. The summed E-state index contributed by atoms with van der Waals surface area (Å²) in [6.45, 7) is 0.0493. The van der Waals surface area contributed by atoms with Crippen LogP contribution in [0.1, 0.15) is 46.1 Å². The molecule has 27 heavy (non-hydrogen) atoms. The molecule has 4 rings (SSSR count). The van der Waals surface area contributed by atoms with Gasteiger partial charge in [0, 0.05) is 25.1 Å². The van der Waals surface area contributed by atoms with Crippen molar-refractivity contribution < 1.29 is 14.6 Å². The van der Waals surface area contributed by atoms with Crippen molar-refractivity contribution in [3.8, 4) is 5.75 Å². The van der Waals surface area contributed by atoms with Crippen molar-refractivity contribution in [3.05, 3.63) is 59.0 Å². The number of amides is 1. The quantitative estimate of drug-likeness (QED) is 0.722. The van der Waals surface area contributed by atoms with E-state index in [0.29, 0.717) is 17.8 Å². The van der Waals surface area contributed by atoms with E-state index in [1.54, 1.807) is 30.1 Å². The number of nitrogens with zero attached hydrogens (tertiary/aromatic N) is 3. The van der Waals surface area contributed by atoms with E-state index in [2.05, 4.69) is 15.4 Å². The lowest BCUT2D eigenvalue weighted by atomic mass is 9.87. The number of aromatic nitrogens is 3. The minimum atomic E-state index is -0.210. The Morgan fingerprint density at radius 1 is 1.41 bits per heavy atom. The van der Waals surface area contributed by atoms with Gasteiger partial charge in [0.2, 0.25) is 0 Å². The van der Waals surface area contributed by atoms with E-state index in [1.165, 1.54) is 5.56 Å². The third-order valence-corrected chi connectivity index (χ3v) is 4.97. The number of rotatable bonds is 5. The molecule has 0 spiro atoms. The van der Waals surface area contributed by atoms with Gasteiger partial charge in [-0.1, -0.05) is 6.07 Å². The van der Waals surface area contributed by atoms with E-state index in [4.69, 9.17) is 9.84 Å². The fraction of sp³-hybridized carbons (Fsp3) is 0.350. The van der Waals surface area contributed by atoms with Crippen molar-refractivity contribution in [1.82, 2.24) is 19.9 Å². The molecule has 2 heterocycles. The summed E-state index contributed by atoms with van der Waals surface area (Å²) in [5.74, 6) is 0.628. The maximum atomic E-state index is 12.7. The molecule has 1 amide bonds. The highest BCUT2D eigenvalue weighted by Gasteiger charge is 2.24. The van der Waals surface area contributed by atoms with Gasteiger partial charge in [-0.05, 0) is 54.5 Å². The summed E-state index contributed by atoms with van der Waals surface area (Å²) in [5.41, 5.74) is 4.17. The molecule has 1 aliphatic rings. The number of hydrogen-bond acceptors (Lipinski definition) is 5. The lowest BCUT2D eigenvalue weighted by Crippen LogP contribution is -2.31. The Labute approximate surface area is 157 Å². The molecule has 0 radical (unpaired) electrons. The standard InChI is InChI=1S/C20H22N4O3/c1-27-15-5-6-16-14(9-15)3-2-4-17(16)22-20(26)18-10-19-21-11-13(7-8-25)12-24(19)23-18/h5-6,9-12,17,25H,2-4,7-8H2,1H3,(H,22,26). The summed E-state index contributed by atoms with van der Waals surface area (Å²) in [6.07, 6.45) is 6.90. The zero-order chi connectivity index (χ0) is 18.8. The molecule has 0 saturated heterocycles. The molecule has 0 saturated carbocycles. The molecule has 1 unspecified atom stereocenters. The molecular weight excluding hydrogens is 344 g/mol. The van der Waals surface area contributed by atoms with Crippen molar-refractivity contribution in [2.75, 3.05) is 13.7 Å². The summed E-state index contributed by atoms with van der Waals surface area (Å²) in [5, 5.41) is 16.5. The number of methoxy groups -OCH3 is 1. The minimum Gasteiger partial charge on any atom is -0.497 e. The molecule has 1 aromatic carbocycles. The van der Waals surface area contributed by atoms with Gasteiger partial charge in [-0.25, -0.2) is 9.50 Å². The van der Waals surface area contributed by atoms with Gasteiger partial charge in [0.15, 0.2) is 11.3 Å². The third-order valence-electron chi connectivity index (χ3n) is 4.97. The van der Waals surface area contributed by atoms with E-state index >= 15 is 0 Å². The second-order valence-corrected chi connectivity index (χ2v) is 6.75. The maximum absolute atomic E-state index is 12.7. The number of nitrogens with one attached hydrogen (secondary N) is 1. The average molecular weight is 366 g/mol. The van der Waals surface area contributed by atoms with Crippen LogP contribution in [0.4, 0.5) is 0 Å². The number of hydrogen-bond donors (Lipinski definition) is 2. The molecule has 0 bridgehead atoms. The van der Waals surface area contributed by atoms with Crippen molar-refractivity contribution in [2.24, 2.45) is 0 Å². The Balaban J connectivity index is 1.55. The molecule has 2 aromatic heterocycles. The molecular formula is C20H22N4O3. The number of ether oxygens (including phenoxy) is 1. The van der Waals surface area contributed by atoms with E-state index < -0.39 is 0 Å². The zero-order valence-electron chi connectivity index (χ0n) is 15.2. The Hall–Kier alpha value is -2.93. The summed E-state index contributed by atoms with van der Waals surface area (Å²) in [7, 11) is 1.66. The topological polar surface area (TPSA) is 88.8 Å². The molecule has 1 aliphatic carbocycles. The molecule has 0 aliphatic heterocycles. The number of aliphatic hydroxyl groups is 1. The predicted octanol–water partition coefficient (Wildman–Crippen LogP) is 2.08. The van der Waals surface area contributed by atoms with E-state index in [0.717, 1.165) is 36.1 Å². The predicted molar refractivity (Wildman–Crippen MR) is 99.9 cm³/mol. The number of aryl methyl sites for hydroxylation is 1. The molecule has 7 nitrogen and oxygen atoms in total. The maximum Gasteiger partial charge on any atom is 0.272 e. The number of fused-ring (bicyclic) bond motifs is 2. The number of carbonyl (C=O) groups is 1. The van der Waals surface area contributed by atoms with Gasteiger partial charge in [0.1, 0.15) is 5.75 Å². The number of carbonyl (C=O) groups excluding carboxylic acids is 1.